The van der Waals surface area contributed by atoms with E-state index in [1.165, 1.54) is 4.88 Å². The summed E-state index contributed by atoms with van der Waals surface area (Å²) < 4.78 is 7.52. The first kappa shape index (κ1) is 16.7. The van der Waals surface area contributed by atoms with E-state index in [-0.39, 0.29) is 0 Å². The van der Waals surface area contributed by atoms with Gasteiger partial charge in [0, 0.05) is 17.5 Å². The standard InChI is InChI=1S/C19H16N6O2S/c20-16(26)12-4-1-6-25-14(12)10-22-19(25)18-23-13-5-7-27-15(13)17(24-18)21-9-11-3-2-8-28-11/h1-4,6,8,10H,5,7,9H2,(H2,20,26)(H,21,23,24). The van der Waals surface area contributed by atoms with Crippen LogP contribution in [0.3, 0.4) is 0 Å². The first-order valence-electron chi connectivity index (χ1n) is 8.77. The van der Waals surface area contributed by atoms with Crippen molar-refractivity contribution in [2.45, 2.75) is 13.0 Å². The molecule has 0 spiro atoms. The summed E-state index contributed by atoms with van der Waals surface area (Å²) in [5, 5.41) is 5.39. The van der Waals surface area contributed by atoms with E-state index >= 15 is 0 Å². The lowest BCUT2D eigenvalue weighted by Gasteiger charge is -2.11. The zero-order valence-corrected chi connectivity index (χ0v) is 15.6. The average Bonchev–Trinajstić information content (AvgIpc) is 3.45. The molecule has 1 aliphatic rings. The van der Waals surface area contributed by atoms with E-state index in [0.29, 0.717) is 53.9 Å². The summed E-state index contributed by atoms with van der Waals surface area (Å²) in [5.41, 5.74) is 7.35. The van der Waals surface area contributed by atoms with Crippen molar-refractivity contribution in [2.75, 3.05) is 11.9 Å². The van der Waals surface area contributed by atoms with Crippen LogP contribution in [-0.2, 0) is 13.0 Å². The van der Waals surface area contributed by atoms with Gasteiger partial charge in [-0.25, -0.2) is 15.0 Å². The Hall–Kier alpha value is -3.46. The molecule has 28 heavy (non-hydrogen) atoms. The SMILES string of the molecule is NC(=O)c1cccn2c(-c3nc4c(c(NCc5cccs5)n3)OCC4)ncc12. The normalized spacial score (nSPS) is 12.7. The molecule has 5 heterocycles. The lowest BCUT2D eigenvalue weighted by atomic mass is 10.2. The Labute approximate surface area is 164 Å². The number of thiophene rings is 1. The minimum Gasteiger partial charge on any atom is -0.487 e. The number of nitrogens with two attached hydrogens (primary N) is 1. The summed E-state index contributed by atoms with van der Waals surface area (Å²) in [4.78, 5) is 26.7. The van der Waals surface area contributed by atoms with Gasteiger partial charge >= 0.3 is 0 Å². The van der Waals surface area contributed by atoms with Gasteiger partial charge < -0.3 is 15.8 Å². The van der Waals surface area contributed by atoms with Crippen LogP contribution in [0.2, 0.25) is 0 Å². The molecule has 1 amide bonds. The molecule has 0 unspecified atom stereocenters. The van der Waals surface area contributed by atoms with Gasteiger partial charge in [-0.1, -0.05) is 6.07 Å². The highest BCUT2D eigenvalue weighted by Gasteiger charge is 2.23. The molecule has 0 saturated heterocycles. The number of hydrogen-bond acceptors (Lipinski definition) is 7. The number of pyridine rings is 1. The van der Waals surface area contributed by atoms with Crippen molar-refractivity contribution < 1.29 is 9.53 Å². The number of anilines is 1. The maximum atomic E-state index is 11.7. The van der Waals surface area contributed by atoms with E-state index in [1.807, 2.05) is 17.6 Å². The van der Waals surface area contributed by atoms with Crippen LogP contribution in [0.1, 0.15) is 20.9 Å². The van der Waals surface area contributed by atoms with E-state index in [0.717, 1.165) is 5.69 Å². The summed E-state index contributed by atoms with van der Waals surface area (Å²) in [5.74, 6) is 1.86. The Kier molecular flexibility index (Phi) is 3.94. The van der Waals surface area contributed by atoms with Crippen LogP contribution in [0.5, 0.6) is 5.75 Å². The third kappa shape index (κ3) is 2.76. The molecule has 4 aromatic rings. The summed E-state index contributed by atoms with van der Waals surface area (Å²) >= 11 is 1.68. The molecule has 0 radical (unpaired) electrons. The zero-order chi connectivity index (χ0) is 19.1. The summed E-state index contributed by atoms with van der Waals surface area (Å²) in [6.07, 6.45) is 4.14. The van der Waals surface area contributed by atoms with E-state index in [1.54, 1.807) is 34.1 Å². The van der Waals surface area contributed by atoms with Crippen LogP contribution in [-0.4, -0.2) is 31.9 Å². The maximum Gasteiger partial charge on any atom is 0.250 e. The number of hydrogen-bond donors (Lipinski definition) is 2. The van der Waals surface area contributed by atoms with Gasteiger partial charge in [-0.15, -0.1) is 11.3 Å². The third-order valence-corrected chi connectivity index (χ3v) is 5.44. The molecular weight excluding hydrogens is 376 g/mol. The number of nitrogens with zero attached hydrogens (tertiary/aromatic N) is 4. The van der Waals surface area contributed by atoms with Crippen molar-refractivity contribution >= 4 is 28.6 Å². The van der Waals surface area contributed by atoms with Crippen molar-refractivity contribution in [3.8, 4) is 17.4 Å². The van der Waals surface area contributed by atoms with Gasteiger partial charge in [-0.3, -0.25) is 9.20 Å². The molecule has 0 atom stereocenters. The predicted molar refractivity (Wildman–Crippen MR) is 106 cm³/mol. The van der Waals surface area contributed by atoms with Crippen LogP contribution >= 0.6 is 11.3 Å². The monoisotopic (exact) mass is 392 g/mol. The summed E-state index contributed by atoms with van der Waals surface area (Å²) in [7, 11) is 0. The fourth-order valence-corrected chi connectivity index (χ4v) is 3.91. The summed E-state index contributed by atoms with van der Waals surface area (Å²) in [6.45, 7) is 1.23. The fourth-order valence-electron chi connectivity index (χ4n) is 3.27. The molecular formula is C19H16N6O2S. The maximum absolute atomic E-state index is 11.7. The molecule has 0 aliphatic carbocycles. The second-order valence-corrected chi connectivity index (χ2v) is 7.36. The van der Waals surface area contributed by atoms with E-state index < -0.39 is 5.91 Å². The van der Waals surface area contributed by atoms with E-state index in [4.69, 9.17) is 10.5 Å². The number of rotatable bonds is 5. The molecule has 8 nitrogen and oxygen atoms in total. The molecule has 0 saturated carbocycles. The van der Waals surface area contributed by atoms with Gasteiger partial charge in [-0.2, -0.15) is 0 Å². The first-order valence-corrected chi connectivity index (χ1v) is 9.65. The number of carbonyl (C=O) groups excluding carboxylic acids is 1. The van der Waals surface area contributed by atoms with E-state index in [2.05, 4.69) is 26.3 Å². The number of nitrogens with one attached hydrogen (secondary N) is 1. The topological polar surface area (TPSA) is 107 Å². The highest BCUT2D eigenvalue weighted by atomic mass is 32.1. The fraction of sp³-hybridized carbons (Fsp3) is 0.158. The number of carbonyl (C=O) groups is 1. The Morgan fingerprint density at radius 1 is 1.32 bits per heavy atom. The number of ether oxygens (including phenoxy) is 1. The molecule has 0 fully saturated rings. The van der Waals surface area contributed by atoms with Crippen LogP contribution < -0.4 is 15.8 Å². The molecule has 1 aliphatic heterocycles. The molecule has 4 aromatic heterocycles. The van der Waals surface area contributed by atoms with Crippen LogP contribution in [0.25, 0.3) is 17.2 Å². The number of primary amides is 1. The number of amides is 1. The second kappa shape index (κ2) is 6.61. The first-order chi connectivity index (χ1) is 13.7. The van der Waals surface area contributed by atoms with Gasteiger partial charge in [-0.05, 0) is 23.6 Å². The molecule has 0 aromatic carbocycles. The van der Waals surface area contributed by atoms with Gasteiger partial charge in [0.2, 0.25) is 0 Å². The van der Waals surface area contributed by atoms with Crippen molar-refractivity contribution in [3.63, 3.8) is 0 Å². The Morgan fingerprint density at radius 2 is 2.25 bits per heavy atom. The largest absolute Gasteiger partial charge is 0.487 e. The number of fused-ring (bicyclic) bond motifs is 2. The van der Waals surface area contributed by atoms with Crippen LogP contribution in [0.15, 0.2) is 42.0 Å². The van der Waals surface area contributed by atoms with E-state index in [9.17, 15) is 4.79 Å². The third-order valence-electron chi connectivity index (χ3n) is 4.57. The average molecular weight is 392 g/mol. The second-order valence-electron chi connectivity index (χ2n) is 6.33. The molecule has 9 heteroatoms. The van der Waals surface area contributed by atoms with Crippen molar-refractivity contribution in [2.24, 2.45) is 5.73 Å². The minimum atomic E-state index is -0.501. The van der Waals surface area contributed by atoms with Gasteiger partial charge in [0.25, 0.3) is 5.91 Å². The molecule has 5 rings (SSSR count). The molecule has 0 bridgehead atoms. The van der Waals surface area contributed by atoms with Crippen LogP contribution in [0.4, 0.5) is 5.82 Å². The van der Waals surface area contributed by atoms with Gasteiger partial charge in [0.1, 0.15) is 0 Å². The Balaban J connectivity index is 1.59. The quantitative estimate of drug-likeness (QED) is 0.540. The summed E-state index contributed by atoms with van der Waals surface area (Å²) in [6, 6.07) is 7.51. The lowest BCUT2D eigenvalue weighted by molar-refractivity contribution is 0.100. The molecule has 140 valence electrons. The predicted octanol–water partition coefficient (Wildman–Crippen LogP) is 2.50. The molecule has 3 N–H and O–H groups in total. The van der Waals surface area contributed by atoms with Crippen LogP contribution in [0, 0.1) is 0 Å². The highest BCUT2D eigenvalue weighted by Crippen LogP contribution is 2.33. The van der Waals surface area contributed by atoms with Gasteiger partial charge in [0.15, 0.2) is 23.2 Å². The minimum absolute atomic E-state index is 0.404. The highest BCUT2D eigenvalue weighted by molar-refractivity contribution is 7.09. The lowest BCUT2D eigenvalue weighted by Crippen LogP contribution is -2.12. The van der Waals surface area contributed by atoms with Crippen molar-refractivity contribution in [3.05, 3.63) is 58.2 Å². The van der Waals surface area contributed by atoms with Crippen molar-refractivity contribution in [1.82, 2.24) is 19.4 Å². The number of imidazole rings is 1. The number of aromatic nitrogens is 4. The zero-order valence-electron chi connectivity index (χ0n) is 14.8. The van der Waals surface area contributed by atoms with Crippen molar-refractivity contribution in [1.29, 1.82) is 0 Å². The van der Waals surface area contributed by atoms with Gasteiger partial charge in [0.05, 0.1) is 36.1 Å². The smallest absolute Gasteiger partial charge is 0.250 e. The Bertz CT molecular complexity index is 1180. The Morgan fingerprint density at radius 3 is 3.07 bits per heavy atom.